The largest absolute Gasteiger partial charge is 0.436 e. The lowest BCUT2D eigenvalue weighted by molar-refractivity contribution is 0.456. The first-order chi connectivity index (χ1) is 9.19. The highest BCUT2D eigenvalue weighted by atomic mass is 79.9. The molecule has 5 nitrogen and oxygen atoms in total. The van der Waals surface area contributed by atoms with Crippen LogP contribution in [0, 0.1) is 6.92 Å². The molecule has 0 saturated carbocycles. The minimum Gasteiger partial charge on any atom is -0.436 e. The van der Waals surface area contributed by atoms with E-state index in [9.17, 15) is 0 Å². The minimum absolute atomic E-state index is 0.472. The lowest BCUT2D eigenvalue weighted by Crippen LogP contribution is -2.05. The van der Waals surface area contributed by atoms with E-state index in [2.05, 4.69) is 43.1 Å². The van der Waals surface area contributed by atoms with Crippen molar-refractivity contribution in [2.45, 2.75) is 20.3 Å². The van der Waals surface area contributed by atoms with Crippen LogP contribution in [0.25, 0.3) is 0 Å². The third-order valence-corrected chi connectivity index (χ3v) is 2.89. The van der Waals surface area contributed by atoms with Crippen molar-refractivity contribution in [2.24, 2.45) is 0 Å². The van der Waals surface area contributed by atoms with Crippen LogP contribution in [0.15, 0.2) is 29.0 Å². The quantitative estimate of drug-likeness (QED) is 0.912. The van der Waals surface area contributed by atoms with Crippen LogP contribution in [0.1, 0.15) is 19.0 Å². The highest BCUT2D eigenvalue weighted by Crippen LogP contribution is 2.27. The number of aryl methyl sites for hydroxylation is 1. The van der Waals surface area contributed by atoms with Crippen LogP contribution in [0.3, 0.4) is 0 Å². The molecule has 0 saturated heterocycles. The number of ether oxygens (including phenoxy) is 1. The van der Waals surface area contributed by atoms with Crippen LogP contribution in [-0.2, 0) is 0 Å². The van der Waals surface area contributed by atoms with Crippen molar-refractivity contribution in [1.29, 1.82) is 0 Å². The Balaban J connectivity index is 2.16. The van der Waals surface area contributed by atoms with Gasteiger partial charge < -0.3 is 10.1 Å². The molecule has 0 aliphatic heterocycles. The minimum atomic E-state index is 0.472. The van der Waals surface area contributed by atoms with Crippen molar-refractivity contribution >= 4 is 21.9 Å². The van der Waals surface area contributed by atoms with Gasteiger partial charge in [-0.15, -0.1) is 0 Å². The van der Waals surface area contributed by atoms with Crippen LogP contribution in [0.5, 0.6) is 11.6 Å². The van der Waals surface area contributed by atoms with Gasteiger partial charge in [0, 0.05) is 12.2 Å². The second-order valence-electron chi connectivity index (χ2n) is 4.01. The number of nitrogens with zero attached hydrogens (tertiary/aromatic N) is 3. The van der Waals surface area contributed by atoms with Gasteiger partial charge in [-0.3, -0.25) is 4.98 Å². The number of hydrogen-bond donors (Lipinski definition) is 1. The van der Waals surface area contributed by atoms with Crippen LogP contribution < -0.4 is 10.1 Å². The summed E-state index contributed by atoms with van der Waals surface area (Å²) in [7, 11) is 0. The second-order valence-corrected chi connectivity index (χ2v) is 4.87. The molecule has 2 aromatic heterocycles. The number of nitrogens with one attached hydrogen (secondary N) is 1. The highest BCUT2D eigenvalue weighted by molar-refractivity contribution is 9.10. The van der Waals surface area contributed by atoms with Crippen molar-refractivity contribution in [1.82, 2.24) is 15.0 Å². The van der Waals surface area contributed by atoms with E-state index >= 15 is 0 Å². The molecule has 0 atom stereocenters. The van der Waals surface area contributed by atoms with Gasteiger partial charge in [-0.2, -0.15) is 4.98 Å². The second kappa shape index (κ2) is 6.47. The van der Waals surface area contributed by atoms with Crippen molar-refractivity contribution in [3.8, 4) is 11.6 Å². The van der Waals surface area contributed by atoms with Gasteiger partial charge >= 0.3 is 0 Å². The summed E-state index contributed by atoms with van der Waals surface area (Å²) in [6, 6.07) is 3.75. The normalized spacial score (nSPS) is 10.3. The molecule has 0 radical (unpaired) electrons. The van der Waals surface area contributed by atoms with E-state index in [1.54, 1.807) is 12.4 Å². The summed E-state index contributed by atoms with van der Waals surface area (Å²) in [6.45, 7) is 4.84. The fourth-order valence-corrected chi connectivity index (χ4v) is 1.64. The molecule has 19 heavy (non-hydrogen) atoms. The highest BCUT2D eigenvalue weighted by Gasteiger charge is 2.07. The molecule has 0 aromatic carbocycles. The molecule has 2 aromatic rings. The molecule has 0 fully saturated rings. The summed E-state index contributed by atoms with van der Waals surface area (Å²) in [6.07, 6.45) is 4.35. The number of pyridine rings is 1. The first kappa shape index (κ1) is 13.7. The summed E-state index contributed by atoms with van der Waals surface area (Å²) in [5, 5.41) is 3.12. The standard InChI is InChI=1S/C13H15BrN4O/c1-3-6-15-13-17-8-11(14)12(18-13)19-10-5-4-9(2)16-7-10/h4-5,7-8H,3,6H2,1-2H3,(H,15,17,18). The number of rotatable bonds is 5. The Labute approximate surface area is 120 Å². The first-order valence-electron chi connectivity index (χ1n) is 6.06. The average Bonchev–Trinajstić information content (AvgIpc) is 2.42. The Morgan fingerprint density at radius 1 is 1.26 bits per heavy atom. The van der Waals surface area contributed by atoms with Crippen molar-refractivity contribution in [3.05, 3.63) is 34.7 Å². The molecular weight excluding hydrogens is 308 g/mol. The summed E-state index contributed by atoms with van der Waals surface area (Å²) in [4.78, 5) is 12.7. The summed E-state index contributed by atoms with van der Waals surface area (Å²) in [5.74, 6) is 1.67. The Bertz CT molecular complexity index is 545. The zero-order chi connectivity index (χ0) is 13.7. The molecule has 0 spiro atoms. The topological polar surface area (TPSA) is 59.9 Å². The molecular formula is C13H15BrN4O. The van der Waals surface area contributed by atoms with E-state index in [0.29, 0.717) is 22.1 Å². The predicted molar refractivity (Wildman–Crippen MR) is 77.6 cm³/mol. The molecule has 2 rings (SSSR count). The molecule has 1 N–H and O–H groups in total. The number of hydrogen-bond acceptors (Lipinski definition) is 5. The van der Waals surface area contributed by atoms with Crippen LogP contribution in [0.2, 0.25) is 0 Å². The molecule has 0 aliphatic rings. The van der Waals surface area contributed by atoms with E-state index in [1.165, 1.54) is 0 Å². The van der Waals surface area contributed by atoms with Gasteiger partial charge in [-0.25, -0.2) is 4.98 Å². The zero-order valence-electron chi connectivity index (χ0n) is 10.9. The van der Waals surface area contributed by atoms with Gasteiger partial charge in [0.25, 0.3) is 0 Å². The van der Waals surface area contributed by atoms with Gasteiger partial charge in [0.2, 0.25) is 11.8 Å². The monoisotopic (exact) mass is 322 g/mol. The maximum Gasteiger partial charge on any atom is 0.238 e. The molecule has 0 bridgehead atoms. The third kappa shape index (κ3) is 3.89. The third-order valence-electron chi connectivity index (χ3n) is 2.34. The van der Waals surface area contributed by atoms with Gasteiger partial charge in [-0.1, -0.05) is 6.92 Å². The van der Waals surface area contributed by atoms with E-state index in [-0.39, 0.29) is 0 Å². The molecule has 100 valence electrons. The van der Waals surface area contributed by atoms with Crippen LogP contribution in [0.4, 0.5) is 5.95 Å². The molecule has 0 aliphatic carbocycles. The molecule has 0 unspecified atom stereocenters. The van der Waals surface area contributed by atoms with Crippen molar-refractivity contribution in [3.63, 3.8) is 0 Å². The molecule has 2 heterocycles. The van der Waals surface area contributed by atoms with Crippen molar-refractivity contribution in [2.75, 3.05) is 11.9 Å². The molecule has 0 amide bonds. The Kier molecular flexibility index (Phi) is 4.68. The molecule has 6 heteroatoms. The van der Waals surface area contributed by atoms with Crippen LogP contribution >= 0.6 is 15.9 Å². The number of halogens is 1. The van der Waals surface area contributed by atoms with E-state index in [4.69, 9.17) is 4.74 Å². The Morgan fingerprint density at radius 2 is 2.11 bits per heavy atom. The summed E-state index contributed by atoms with van der Waals surface area (Å²) >= 11 is 3.37. The van der Waals surface area contributed by atoms with Crippen LogP contribution in [-0.4, -0.2) is 21.5 Å². The Morgan fingerprint density at radius 3 is 2.79 bits per heavy atom. The number of aromatic nitrogens is 3. The van der Waals surface area contributed by atoms with Gasteiger partial charge in [-0.05, 0) is 41.4 Å². The smallest absolute Gasteiger partial charge is 0.238 e. The first-order valence-corrected chi connectivity index (χ1v) is 6.85. The fourth-order valence-electron chi connectivity index (χ4n) is 1.37. The SMILES string of the molecule is CCCNc1ncc(Br)c(Oc2ccc(C)nc2)n1. The average molecular weight is 323 g/mol. The summed E-state index contributed by atoms with van der Waals surface area (Å²) in [5.41, 5.74) is 0.944. The summed E-state index contributed by atoms with van der Waals surface area (Å²) < 4.78 is 6.39. The van der Waals surface area contributed by atoms with E-state index in [0.717, 1.165) is 18.7 Å². The van der Waals surface area contributed by atoms with E-state index < -0.39 is 0 Å². The predicted octanol–water partition coefficient (Wildman–Crippen LogP) is 3.56. The Hall–Kier alpha value is -1.69. The van der Waals surface area contributed by atoms with Gasteiger partial charge in [0.05, 0.1) is 16.9 Å². The zero-order valence-corrected chi connectivity index (χ0v) is 12.4. The maximum absolute atomic E-state index is 5.68. The lowest BCUT2D eigenvalue weighted by atomic mass is 10.4. The van der Waals surface area contributed by atoms with Gasteiger partial charge in [0.1, 0.15) is 5.75 Å². The van der Waals surface area contributed by atoms with Gasteiger partial charge in [0.15, 0.2) is 0 Å². The van der Waals surface area contributed by atoms with E-state index in [1.807, 2.05) is 19.1 Å². The van der Waals surface area contributed by atoms with Crippen molar-refractivity contribution < 1.29 is 4.74 Å². The number of anilines is 1. The fraction of sp³-hybridized carbons (Fsp3) is 0.308. The maximum atomic E-state index is 5.68. The lowest BCUT2D eigenvalue weighted by Gasteiger charge is -2.08.